The maximum absolute atomic E-state index is 12.4. The second-order valence-corrected chi connectivity index (χ2v) is 8.28. The fourth-order valence-corrected chi connectivity index (χ4v) is 4.91. The first-order valence-electron chi connectivity index (χ1n) is 7.81. The van der Waals surface area contributed by atoms with Crippen molar-refractivity contribution in [1.82, 2.24) is 9.97 Å². The van der Waals surface area contributed by atoms with Gasteiger partial charge in [0.1, 0.15) is 4.83 Å². The third-order valence-corrected chi connectivity index (χ3v) is 5.83. The number of nitrogens with one attached hydrogen (secondary N) is 1. The maximum atomic E-state index is 12.4. The molecule has 1 N–H and O–H groups in total. The van der Waals surface area contributed by atoms with Crippen molar-refractivity contribution in [2.45, 2.75) is 51.3 Å². The van der Waals surface area contributed by atoms with E-state index in [4.69, 9.17) is 4.74 Å². The predicted octanol–water partition coefficient (Wildman–Crippen LogP) is 3.15. The zero-order valence-electron chi connectivity index (χ0n) is 13.5. The molecule has 2 aromatic heterocycles. The van der Waals surface area contributed by atoms with E-state index in [2.05, 4.69) is 16.9 Å². The van der Waals surface area contributed by atoms with Crippen LogP contribution < -0.4 is 5.56 Å². The number of ether oxygens (including phenoxy) is 1. The predicted molar refractivity (Wildman–Crippen MR) is 93.4 cm³/mol. The van der Waals surface area contributed by atoms with Gasteiger partial charge in [-0.3, -0.25) is 9.59 Å². The molecule has 2 heterocycles. The summed E-state index contributed by atoms with van der Waals surface area (Å²) in [5.41, 5.74) is 1.08. The molecule has 1 aliphatic rings. The molecule has 0 saturated carbocycles. The van der Waals surface area contributed by atoms with Crippen LogP contribution in [0, 0.1) is 5.92 Å². The van der Waals surface area contributed by atoms with Crippen molar-refractivity contribution in [2.24, 2.45) is 5.92 Å². The molecule has 3 rings (SSSR count). The Labute approximate surface area is 142 Å². The first kappa shape index (κ1) is 16.5. The van der Waals surface area contributed by atoms with Gasteiger partial charge in [-0.2, -0.15) is 0 Å². The quantitative estimate of drug-likeness (QED) is 0.520. The van der Waals surface area contributed by atoms with Crippen molar-refractivity contribution in [3.05, 3.63) is 20.8 Å². The van der Waals surface area contributed by atoms with Crippen LogP contribution in [0.2, 0.25) is 0 Å². The number of nitrogens with zero attached hydrogens (tertiary/aromatic N) is 1. The van der Waals surface area contributed by atoms with Crippen LogP contribution in [0.25, 0.3) is 10.2 Å². The smallest absolute Gasteiger partial charge is 0.316 e. The Balaban J connectivity index is 1.84. The van der Waals surface area contributed by atoms with Crippen LogP contribution >= 0.6 is 23.1 Å². The van der Waals surface area contributed by atoms with Crippen molar-refractivity contribution >= 4 is 39.3 Å². The summed E-state index contributed by atoms with van der Waals surface area (Å²) in [4.78, 5) is 33.4. The van der Waals surface area contributed by atoms with Gasteiger partial charge >= 0.3 is 5.97 Å². The average molecular weight is 352 g/mol. The molecule has 7 heteroatoms. The van der Waals surface area contributed by atoms with Gasteiger partial charge in [-0.25, -0.2) is 4.98 Å². The molecule has 0 aromatic carbocycles. The Bertz CT molecular complexity index is 794. The molecule has 23 heavy (non-hydrogen) atoms. The van der Waals surface area contributed by atoms with Crippen LogP contribution in [0.3, 0.4) is 0 Å². The summed E-state index contributed by atoms with van der Waals surface area (Å²) < 4.78 is 5.09. The lowest BCUT2D eigenvalue weighted by molar-refractivity contribution is -0.144. The summed E-state index contributed by atoms with van der Waals surface area (Å²) in [6.07, 6.45) is 2.96. The highest BCUT2D eigenvalue weighted by Gasteiger charge is 2.23. The van der Waals surface area contributed by atoms with Crippen LogP contribution in [-0.2, 0) is 22.4 Å². The summed E-state index contributed by atoms with van der Waals surface area (Å²) in [5.74, 6) is 0.510. The van der Waals surface area contributed by atoms with Gasteiger partial charge in [0.15, 0.2) is 5.16 Å². The SMILES string of the molecule is CC(C)OC(=O)CSc1nc2sc3c(c2c(=O)[nH]1)CC[C@H](C)C3. The van der Waals surface area contributed by atoms with Crippen LogP contribution in [0.15, 0.2) is 9.95 Å². The third-order valence-electron chi connectivity index (χ3n) is 3.84. The minimum absolute atomic E-state index is 0.0956. The average Bonchev–Trinajstić information content (AvgIpc) is 2.82. The lowest BCUT2D eigenvalue weighted by Crippen LogP contribution is -2.15. The number of thioether (sulfide) groups is 1. The minimum atomic E-state index is -0.299. The molecule has 0 radical (unpaired) electrons. The summed E-state index contributed by atoms with van der Waals surface area (Å²) in [7, 11) is 0. The van der Waals surface area contributed by atoms with E-state index in [1.54, 1.807) is 11.3 Å². The topological polar surface area (TPSA) is 72.0 Å². The first-order valence-corrected chi connectivity index (χ1v) is 9.61. The van der Waals surface area contributed by atoms with E-state index in [9.17, 15) is 9.59 Å². The molecule has 124 valence electrons. The molecule has 5 nitrogen and oxygen atoms in total. The number of esters is 1. The van der Waals surface area contributed by atoms with Crippen molar-refractivity contribution in [1.29, 1.82) is 0 Å². The third kappa shape index (κ3) is 3.61. The number of aromatic nitrogens is 2. The number of hydrogen-bond acceptors (Lipinski definition) is 6. The summed E-state index contributed by atoms with van der Waals surface area (Å²) in [6, 6.07) is 0. The molecule has 0 fully saturated rings. The maximum Gasteiger partial charge on any atom is 0.316 e. The lowest BCUT2D eigenvalue weighted by Gasteiger charge is -2.17. The van der Waals surface area contributed by atoms with E-state index in [1.165, 1.54) is 22.2 Å². The number of thiophene rings is 1. The number of fused-ring (bicyclic) bond motifs is 3. The minimum Gasteiger partial charge on any atom is -0.462 e. The van der Waals surface area contributed by atoms with Crippen molar-refractivity contribution in [3.63, 3.8) is 0 Å². The molecule has 2 aromatic rings. The van der Waals surface area contributed by atoms with Crippen molar-refractivity contribution < 1.29 is 9.53 Å². The van der Waals surface area contributed by atoms with Gasteiger partial charge in [0.05, 0.1) is 17.2 Å². The van der Waals surface area contributed by atoms with Crippen LogP contribution in [-0.4, -0.2) is 27.8 Å². The van der Waals surface area contributed by atoms with E-state index >= 15 is 0 Å². The number of aryl methyl sites for hydroxylation is 1. The Morgan fingerprint density at radius 3 is 3.04 bits per heavy atom. The summed E-state index contributed by atoms with van der Waals surface area (Å²) in [5, 5.41) is 1.22. The molecule has 0 aliphatic heterocycles. The highest BCUT2D eigenvalue weighted by molar-refractivity contribution is 7.99. The molecular weight excluding hydrogens is 332 g/mol. The zero-order valence-corrected chi connectivity index (χ0v) is 15.1. The van der Waals surface area contributed by atoms with Crippen molar-refractivity contribution in [3.8, 4) is 0 Å². The molecule has 0 spiro atoms. The number of hydrogen-bond donors (Lipinski definition) is 1. The van der Waals surface area contributed by atoms with Gasteiger partial charge in [-0.05, 0) is 44.6 Å². The second-order valence-electron chi connectivity index (χ2n) is 6.23. The molecule has 1 atom stereocenters. The Morgan fingerprint density at radius 2 is 2.30 bits per heavy atom. The molecule has 0 bridgehead atoms. The van der Waals surface area contributed by atoms with Gasteiger partial charge in [0, 0.05) is 4.88 Å². The van der Waals surface area contributed by atoms with Gasteiger partial charge in [-0.15, -0.1) is 11.3 Å². The summed E-state index contributed by atoms with van der Waals surface area (Å²) in [6.45, 7) is 5.87. The molecule has 0 unspecified atom stereocenters. The van der Waals surface area contributed by atoms with Gasteiger partial charge < -0.3 is 9.72 Å². The van der Waals surface area contributed by atoms with Crippen LogP contribution in [0.4, 0.5) is 0 Å². The Hall–Kier alpha value is -1.34. The molecule has 0 amide bonds. The Kier molecular flexibility index (Phi) is 4.77. The number of carbonyl (C=O) groups excluding carboxylic acids is 1. The number of aromatic amines is 1. The van der Waals surface area contributed by atoms with E-state index in [0.717, 1.165) is 29.5 Å². The van der Waals surface area contributed by atoms with E-state index in [1.807, 2.05) is 13.8 Å². The largest absolute Gasteiger partial charge is 0.462 e. The van der Waals surface area contributed by atoms with Gasteiger partial charge in [0.2, 0.25) is 0 Å². The van der Waals surface area contributed by atoms with Crippen LogP contribution in [0.1, 0.15) is 37.6 Å². The van der Waals surface area contributed by atoms with Crippen molar-refractivity contribution in [2.75, 3.05) is 5.75 Å². The molecular formula is C16H20N2O3S2. The molecule has 0 saturated heterocycles. The Morgan fingerprint density at radius 1 is 1.52 bits per heavy atom. The second kappa shape index (κ2) is 6.65. The normalized spacial score (nSPS) is 17.5. The van der Waals surface area contributed by atoms with E-state index < -0.39 is 0 Å². The van der Waals surface area contributed by atoms with Crippen LogP contribution in [0.5, 0.6) is 0 Å². The van der Waals surface area contributed by atoms with Gasteiger partial charge in [0.25, 0.3) is 5.56 Å². The van der Waals surface area contributed by atoms with E-state index in [0.29, 0.717) is 11.1 Å². The first-order chi connectivity index (χ1) is 10.9. The lowest BCUT2D eigenvalue weighted by atomic mass is 9.89. The van der Waals surface area contributed by atoms with E-state index in [-0.39, 0.29) is 23.4 Å². The fourth-order valence-electron chi connectivity index (χ4n) is 2.82. The standard InChI is InChI=1S/C16H20N2O3S2/c1-8(2)21-12(19)7-22-16-17-14(20)13-10-5-4-9(3)6-11(10)23-15(13)18-16/h8-9H,4-7H2,1-3H3,(H,17,18,20)/t9-/m0/s1. The van der Waals surface area contributed by atoms with Gasteiger partial charge in [-0.1, -0.05) is 18.7 Å². The highest BCUT2D eigenvalue weighted by atomic mass is 32.2. The monoisotopic (exact) mass is 352 g/mol. The number of carbonyl (C=O) groups is 1. The highest BCUT2D eigenvalue weighted by Crippen LogP contribution is 2.36. The number of rotatable bonds is 4. The fraction of sp³-hybridized carbons (Fsp3) is 0.562. The molecule has 1 aliphatic carbocycles. The number of H-pyrrole nitrogens is 1. The summed E-state index contributed by atoms with van der Waals surface area (Å²) >= 11 is 2.83. The zero-order chi connectivity index (χ0) is 16.6.